The predicted octanol–water partition coefficient (Wildman–Crippen LogP) is 1.98. The van der Waals surface area contributed by atoms with E-state index in [2.05, 4.69) is 10.3 Å². The van der Waals surface area contributed by atoms with E-state index in [-0.39, 0.29) is 18.0 Å². The number of carbonyl (C=O) groups excluding carboxylic acids is 1. The SMILES string of the molecule is CCC(N)(CC)CNC(=O)Cn1c(C)nc2ccccc21. The van der Waals surface area contributed by atoms with Gasteiger partial charge in [0, 0.05) is 12.1 Å². The Kier molecular flexibility index (Phi) is 4.63. The van der Waals surface area contributed by atoms with Crippen molar-refractivity contribution >= 4 is 16.9 Å². The fourth-order valence-electron chi connectivity index (χ4n) is 2.37. The number of rotatable bonds is 6. The fourth-order valence-corrected chi connectivity index (χ4v) is 2.37. The number of amides is 1. The molecule has 0 saturated carbocycles. The number of nitrogens with one attached hydrogen (secondary N) is 1. The quantitative estimate of drug-likeness (QED) is 0.853. The number of carbonyl (C=O) groups is 1. The van der Waals surface area contributed by atoms with Gasteiger partial charge in [-0.25, -0.2) is 4.98 Å². The molecule has 0 aliphatic rings. The molecule has 0 aliphatic carbocycles. The molecule has 0 unspecified atom stereocenters. The van der Waals surface area contributed by atoms with Crippen molar-refractivity contribution in [3.8, 4) is 0 Å². The maximum Gasteiger partial charge on any atom is 0.240 e. The molecule has 0 atom stereocenters. The highest BCUT2D eigenvalue weighted by molar-refractivity contribution is 5.81. The van der Waals surface area contributed by atoms with Gasteiger partial charge in [-0.15, -0.1) is 0 Å². The van der Waals surface area contributed by atoms with Crippen molar-refractivity contribution in [2.24, 2.45) is 5.73 Å². The molecule has 114 valence electrons. The van der Waals surface area contributed by atoms with Crippen LogP contribution in [0.3, 0.4) is 0 Å². The van der Waals surface area contributed by atoms with Gasteiger partial charge in [0.25, 0.3) is 0 Å². The number of imidazole rings is 1. The molecule has 0 fully saturated rings. The van der Waals surface area contributed by atoms with Crippen LogP contribution in [0, 0.1) is 6.92 Å². The molecule has 5 heteroatoms. The highest BCUT2D eigenvalue weighted by Gasteiger charge is 2.21. The third kappa shape index (κ3) is 3.42. The number of nitrogens with two attached hydrogens (primary N) is 1. The fraction of sp³-hybridized carbons (Fsp3) is 0.500. The first-order chi connectivity index (χ1) is 9.99. The molecule has 2 aromatic rings. The standard InChI is InChI=1S/C16H24N4O/c1-4-16(17,5-2)11-18-15(21)10-20-12(3)19-13-8-6-7-9-14(13)20/h6-9H,4-5,10-11,17H2,1-3H3,(H,18,21). The summed E-state index contributed by atoms with van der Waals surface area (Å²) in [6.07, 6.45) is 1.69. The number of hydrogen-bond acceptors (Lipinski definition) is 3. The highest BCUT2D eigenvalue weighted by Crippen LogP contribution is 2.15. The Balaban J connectivity index is 2.07. The third-order valence-electron chi connectivity index (χ3n) is 4.19. The van der Waals surface area contributed by atoms with Crippen LogP contribution >= 0.6 is 0 Å². The van der Waals surface area contributed by atoms with Crippen molar-refractivity contribution < 1.29 is 4.79 Å². The number of para-hydroxylation sites is 2. The van der Waals surface area contributed by atoms with Gasteiger partial charge in [-0.05, 0) is 31.9 Å². The summed E-state index contributed by atoms with van der Waals surface area (Å²) in [4.78, 5) is 16.6. The molecule has 1 amide bonds. The minimum Gasteiger partial charge on any atom is -0.353 e. The van der Waals surface area contributed by atoms with Gasteiger partial charge in [0.2, 0.25) is 5.91 Å². The lowest BCUT2D eigenvalue weighted by Gasteiger charge is -2.26. The topological polar surface area (TPSA) is 72.9 Å². The average Bonchev–Trinajstić information content (AvgIpc) is 2.81. The van der Waals surface area contributed by atoms with Crippen LogP contribution in [0.2, 0.25) is 0 Å². The van der Waals surface area contributed by atoms with E-state index in [1.165, 1.54) is 0 Å². The van der Waals surface area contributed by atoms with Crippen molar-refractivity contribution in [2.45, 2.75) is 45.7 Å². The summed E-state index contributed by atoms with van der Waals surface area (Å²) in [5, 5.41) is 2.94. The van der Waals surface area contributed by atoms with Gasteiger partial charge in [-0.1, -0.05) is 26.0 Å². The van der Waals surface area contributed by atoms with Crippen molar-refractivity contribution in [2.75, 3.05) is 6.54 Å². The largest absolute Gasteiger partial charge is 0.353 e. The second kappa shape index (κ2) is 6.26. The second-order valence-corrected chi connectivity index (χ2v) is 5.58. The first-order valence-corrected chi connectivity index (χ1v) is 7.46. The van der Waals surface area contributed by atoms with Crippen molar-refractivity contribution in [1.82, 2.24) is 14.9 Å². The lowest BCUT2D eigenvalue weighted by atomic mass is 9.94. The molecular weight excluding hydrogens is 264 g/mol. The minimum atomic E-state index is -0.318. The number of nitrogens with zero attached hydrogens (tertiary/aromatic N) is 2. The Labute approximate surface area is 125 Å². The highest BCUT2D eigenvalue weighted by atomic mass is 16.1. The maximum absolute atomic E-state index is 12.2. The lowest BCUT2D eigenvalue weighted by Crippen LogP contribution is -2.49. The Morgan fingerprint density at radius 3 is 2.67 bits per heavy atom. The van der Waals surface area contributed by atoms with E-state index in [4.69, 9.17) is 5.73 Å². The van der Waals surface area contributed by atoms with Crippen LogP contribution in [0.4, 0.5) is 0 Å². The zero-order chi connectivity index (χ0) is 15.5. The van der Waals surface area contributed by atoms with Gasteiger partial charge in [-0.2, -0.15) is 0 Å². The van der Waals surface area contributed by atoms with Crippen LogP contribution in [0.15, 0.2) is 24.3 Å². The zero-order valence-electron chi connectivity index (χ0n) is 13.0. The molecule has 0 saturated heterocycles. The molecule has 2 rings (SSSR count). The van der Waals surface area contributed by atoms with Crippen LogP contribution in [-0.2, 0) is 11.3 Å². The summed E-state index contributed by atoms with van der Waals surface area (Å²) in [5.74, 6) is 0.814. The number of aromatic nitrogens is 2. The van der Waals surface area contributed by atoms with Crippen LogP contribution in [0.25, 0.3) is 11.0 Å². The Hall–Kier alpha value is -1.88. The van der Waals surface area contributed by atoms with Crippen LogP contribution < -0.4 is 11.1 Å². The first-order valence-electron chi connectivity index (χ1n) is 7.46. The molecule has 0 radical (unpaired) electrons. The number of aryl methyl sites for hydroxylation is 1. The molecule has 5 nitrogen and oxygen atoms in total. The number of fused-ring (bicyclic) bond motifs is 1. The van der Waals surface area contributed by atoms with Crippen molar-refractivity contribution in [3.05, 3.63) is 30.1 Å². The van der Waals surface area contributed by atoms with E-state index < -0.39 is 0 Å². The maximum atomic E-state index is 12.2. The Morgan fingerprint density at radius 2 is 2.00 bits per heavy atom. The van der Waals surface area contributed by atoms with E-state index in [0.29, 0.717) is 6.54 Å². The van der Waals surface area contributed by atoms with Crippen molar-refractivity contribution in [3.63, 3.8) is 0 Å². The Bertz CT molecular complexity index is 628. The first kappa shape index (κ1) is 15.5. The van der Waals surface area contributed by atoms with Gasteiger partial charge in [0.15, 0.2) is 0 Å². The second-order valence-electron chi connectivity index (χ2n) is 5.58. The van der Waals surface area contributed by atoms with E-state index in [1.54, 1.807) is 0 Å². The van der Waals surface area contributed by atoms with E-state index in [9.17, 15) is 4.79 Å². The normalized spacial score (nSPS) is 11.8. The summed E-state index contributed by atoms with van der Waals surface area (Å²) in [6.45, 7) is 6.78. The third-order valence-corrected chi connectivity index (χ3v) is 4.19. The monoisotopic (exact) mass is 288 g/mol. The molecule has 0 spiro atoms. The molecule has 0 aliphatic heterocycles. The summed E-state index contributed by atoms with van der Waals surface area (Å²) >= 11 is 0. The van der Waals surface area contributed by atoms with Crippen LogP contribution in [-0.4, -0.2) is 27.5 Å². The van der Waals surface area contributed by atoms with Crippen LogP contribution in [0.1, 0.15) is 32.5 Å². The molecule has 1 aromatic carbocycles. The van der Waals surface area contributed by atoms with E-state index in [0.717, 1.165) is 29.7 Å². The number of benzene rings is 1. The molecule has 3 N–H and O–H groups in total. The number of hydrogen-bond donors (Lipinski definition) is 2. The van der Waals surface area contributed by atoms with Crippen molar-refractivity contribution in [1.29, 1.82) is 0 Å². The lowest BCUT2D eigenvalue weighted by molar-refractivity contribution is -0.121. The summed E-state index contributed by atoms with van der Waals surface area (Å²) in [6, 6.07) is 7.84. The van der Waals surface area contributed by atoms with Gasteiger partial charge in [0.1, 0.15) is 12.4 Å². The summed E-state index contributed by atoms with van der Waals surface area (Å²) in [5.41, 5.74) is 7.78. The molecule has 21 heavy (non-hydrogen) atoms. The van der Waals surface area contributed by atoms with Gasteiger partial charge < -0.3 is 15.6 Å². The molecule has 0 bridgehead atoms. The van der Waals surface area contributed by atoms with Crippen LogP contribution in [0.5, 0.6) is 0 Å². The van der Waals surface area contributed by atoms with Gasteiger partial charge in [-0.3, -0.25) is 4.79 Å². The molecular formula is C16H24N4O. The van der Waals surface area contributed by atoms with Gasteiger partial charge in [0.05, 0.1) is 11.0 Å². The summed E-state index contributed by atoms with van der Waals surface area (Å²) in [7, 11) is 0. The molecule has 1 aromatic heterocycles. The predicted molar refractivity (Wildman–Crippen MR) is 85.0 cm³/mol. The van der Waals surface area contributed by atoms with Gasteiger partial charge >= 0.3 is 0 Å². The average molecular weight is 288 g/mol. The zero-order valence-corrected chi connectivity index (χ0v) is 13.0. The van der Waals surface area contributed by atoms with E-state index in [1.807, 2.05) is 49.6 Å². The van der Waals surface area contributed by atoms with E-state index >= 15 is 0 Å². The molecule has 1 heterocycles. The Morgan fingerprint density at radius 1 is 1.33 bits per heavy atom. The smallest absolute Gasteiger partial charge is 0.240 e. The summed E-state index contributed by atoms with van der Waals surface area (Å²) < 4.78 is 1.93. The minimum absolute atomic E-state index is 0.0296.